The molecule has 1 aliphatic heterocycles. The zero-order chi connectivity index (χ0) is 19.7. The van der Waals surface area contributed by atoms with Gasteiger partial charge in [0.2, 0.25) is 0 Å². The van der Waals surface area contributed by atoms with Gasteiger partial charge in [0.1, 0.15) is 23.8 Å². The maximum Gasteiger partial charge on any atom is 0.410 e. The lowest BCUT2D eigenvalue weighted by molar-refractivity contribution is 0.0218. The summed E-state index contributed by atoms with van der Waals surface area (Å²) in [5.74, 6) is 1.69. The molecule has 2 atom stereocenters. The van der Waals surface area contributed by atoms with Crippen molar-refractivity contribution in [1.82, 2.24) is 9.88 Å². The van der Waals surface area contributed by atoms with E-state index in [9.17, 15) is 4.79 Å². The molecule has 0 bridgehead atoms. The molecule has 0 N–H and O–H groups in total. The largest absolute Gasteiger partial charge is 0.487 e. The quantitative estimate of drug-likeness (QED) is 0.805. The molecule has 2 fully saturated rings. The van der Waals surface area contributed by atoms with Crippen LogP contribution in [0.3, 0.4) is 0 Å². The molecule has 1 aromatic carbocycles. The predicted molar refractivity (Wildman–Crippen MR) is 107 cm³/mol. The first kappa shape index (κ1) is 18.6. The second-order valence-electron chi connectivity index (χ2n) is 8.36. The number of ether oxygens (including phenoxy) is 2. The molecule has 28 heavy (non-hydrogen) atoms. The Morgan fingerprint density at radius 3 is 2.57 bits per heavy atom. The molecule has 2 heterocycles. The van der Waals surface area contributed by atoms with Gasteiger partial charge in [0, 0.05) is 13.1 Å². The van der Waals surface area contributed by atoms with Crippen molar-refractivity contribution < 1.29 is 14.3 Å². The van der Waals surface area contributed by atoms with E-state index in [0.717, 1.165) is 30.1 Å². The Bertz CT molecular complexity index is 817. The zero-order valence-corrected chi connectivity index (χ0v) is 16.7. The van der Waals surface area contributed by atoms with Crippen LogP contribution in [0.1, 0.15) is 32.8 Å². The monoisotopic (exact) mass is 381 g/mol. The molecule has 6 nitrogen and oxygen atoms in total. The number of aromatic nitrogens is 1. The van der Waals surface area contributed by atoms with E-state index in [-0.39, 0.29) is 12.1 Å². The van der Waals surface area contributed by atoms with Gasteiger partial charge in [0.25, 0.3) is 0 Å². The van der Waals surface area contributed by atoms with E-state index < -0.39 is 5.60 Å². The van der Waals surface area contributed by atoms with E-state index in [1.54, 1.807) is 6.20 Å². The standard InChI is InChI=1S/C22H27N3O3/c1-22(2,3)28-21(26)25-12-11-24(18-13-19(18)25)20-10-9-17(14-23-20)27-15-16-7-5-4-6-8-16/h4-10,14,18-19H,11-13,15H2,1-3H3. The lowest BCUT2D eigenvalue weighted by Crippen LogP contribution is -2.50. The summed E-state index contributed by atoms with van der Waals surface area (Å²) >= 11 is 0. The van der Waals surface area contributed by atoms with Crippen LogP contribution in [0.15, 0.2) is 48.7 Å². The second-order valence-corrected chi connectivity index (χ2v) is 8.36. The second kappa shape index (κ2) is 7.34. The summed E-state index contributed by atoms with van der Waals surface area (Å²) in [6.45, 7) is 7.65. The Morgan fingerprint density at radius 1 is 1.11 bits per heavy atom. The van der Waals surface area contributed by atoms with E-state index >= 15 is 0 Å². The maximum atomic E-state index is 12.4. The van der Waals surface area contributed by atoms with Crippen LogP contribution < -0.4 is 9.64 Å². The Hall–Kier alpha value is -2.76. The number of benzene rings is 1. The van der Waals surface area contributed by atoms with E-state index in [1.165, 1.54) is 0 Å². The van der Waals surface area contributed by atoms with Gasteiger partial charge in [-0.1, -0.05) is 30.3 Å². The van der Waals surface area contributed by atoms with Crippen LogP contribution in [0, 0.1) is 0 Å². The van der Waals surface area contributed by atoms with Crippen molar-refractivity contribution in [2.24, 2.45) is 0 Å². The van der Waals surface area contributed by atoms with Crippen LogP contribution in [0.5, 0.6) is 5.75 Å². The third kappa shape index (κ3) is 4.21. The maximum absolute atomic E-state index is 12.4. The molecule has 2 aromatic rings. The highest BCUT2D eigenvalue weighted by Gasteiger charge is 2.52. The summed E-state index contributed by atoms with van der Waals surface area (Å²) in [6.07, 6.45) is 2.53. The Labute approximate surface area is 166 Å². The number of hydrogen-bond donors (Lipinski definition) is 0. The number of nitrogens with zero attached hydrogens (tertiary/aromatic N) is 3. The summed E-state index contributed by atoms with van der Waals surface area (Å²) in [5.41, 5.74) is 0.668. The number of anilines is 1. The fraction of sp³-hybridized carbons (Fsp3) is 0.455. The van der Waals surface area contributed by atoms with E-state index in [1.807, 2.05) is 68.1 Å². The molecular weight excluding hydrogens is 354 g/mol. The van der Waals surface area contributed by atoms with Crippen LogP contribution >= 0.6 is 0 Å². The van der Waals surface area contributed by atoms with Crippen molar-refractivity contribution in [3.05, 3.63) is 54.2 Å². The third-order valence-electron chi connectivity index (χ3n) is 5.00. The number of pyridine rings is 1. The topological polar surface area (TPSA) is 54.9 Å². The van der Waals surface area contributed by atoms with Gasteiger partial charge in [-0.05, 0) is 44.9 Å². The summed E-state index contributed by atoms with van der Waals surface area (Å²) in [7, 11) is 0. The summed E-state index contributed by atoms with van der Waals surface area (Å²) in [4.78, 5) is 21.1. The molecule has 1 saturated carbocycles. The first-order chi connectivity index (χ1) is 13.4. The van der Waals surface area contributed by atoms with Crippen molar-refractivity contribution >= 4 is 11.9 Å². The molecular formula is C22H27N3O3. The third-order valence-corrected chi connectivity index (χ3v) is 5.00. The summed E-state index contributed by atoms with van der Waals surface area (Å²) in [6, 6.07) is 14.6. The minimum Gasteiger partial charge on any atom is -0.487 e. The fourth-order valence-corrected chi connectivity index (χ4v) is 3.59. The van der Waals surface area contributed by atoms with E-state index in [0.29, 0.717) is 19.2 Å². The number of carbonyl (C=O) groups is 1. The Balaban J connectivity index is 1.33. The zero-order valence-electron chi connectivity index (χ0n) is 16.7. The van der Waals surface area contributed by atoms with Crippen molar-refractivity contribution in [1.29, 1.82) is 0 Å². The van der Waals surface area contributed by atoms with Gasteiger partial charge >= 0.3 is 6.09 Å². The average molecular weight is 381 g/mol. The van der Waals surface area contributed by atoms with Gasteiger partial charge in [-0.2, -0.15) is 0 Å². The van der Waals surface area contributed by atoms with Crippen molar-refractivity contribution in [2.75, 3.05) is 18.0 Å². The lowest BCUT2D eigenvalue weighted by Gasteiger charge is -2.35. The number of rotatable bonds is 4. The smallest absolute Gasteiger partial charge is 0.410 e. The molecule has 1 aromatic heterocycles. The van der Waals surface area contributed by atoms with Crippen molar-refractivity contribution in [3.8, 4) is 5.75 Å². The summed E-state index contributed by atoms with van der Waals surface area (Å²) in [5, 5.41) is 0. The van der Waals surface area contributed by atoms with Crippen LogP contribution in [-0.4, -0.2) is 46.8 Å². The fourth-order valence-electron chi connectivity index (χ4n) is 3.59. The van der Waals surface area contributed by atoms with Gasteiger partial charge in [0.15, 0.2) is 0 Å². The normalized spacial score (nSPS) is 21.1. The highest BCUT2D eigenvalue weighted by molar-refractivity contribution is 5.70. The first-order valence-corrected chi connectivity index (χ1v) is 9.80. The van der Waals surface area contributed by atoms with Gasteiger partial charge in [-0.15, -0.1) is 0 Å². The van der Waals surface area contributed by atoms with Crippen molar-refractivity contribution in [2.45, 2.75) is 51.5 Å². The minimum atomic E-state index is -0.463. The number of hydrogen-bond acceptors (Lipinski definition) is 5. The highest BCUT2D eigenvalue weighted by atomic mass is 16.6. The molecule has 2 aliphatic rings. The van der Waals surface area contributed by atoms with Crippen LogP contribution in [0.2, 0.25) is 0 Å². The average Bonchev–Trinajstić information content (AvgIpc) is 3.46. The predicted octanol–water partition coefficient (Wildman–Crippen LogP) is 3.86. The number of carbonyl (C=O) groups excluding carboxylic acids is 1. The molecule has 6 heteroatoms. The SMILES string of the molecule is CC(C)(C)OC(=O)N1CCN(c2ccc(OCc3ccccc3)cn2)C2CC21. The van der Waals surface area contributed by atoms with E-state index in [4.69, 9.17) is 9.47 Å². The molecule has 148 valence electrons. The number of fused-ring (bicyclic) bond motifs is 1. The molecule has 2 unspecified atom stereocenters. The van der Waals surface area contributed by atoms with Crippen LogP contribution in [-0.2, 0) is 11.3 Å². The first-order valence-electron chi connectivity index (χ1n) is 9.80. The molecule has 0 radical (unpaired) electrons. The molecule has 1 aliphatic carbocycles. The van der Waals surface area contributed by atoms with Gasteiger partial charge in [0.05, 0.1) is 18.3 Å². The van der Waals surface area contributed by atoms with Crippen LogP contribution in [0.4, 0.5) is 10.6 Å². The Morgan fingerprint density at radius 2 is 1.89 bits per heavy atom. The Kier molecular flexibility index (Phi) is 4.87. The van der Waals surface area contributed by atoms with Gasteiger partial charge < -0.3 is 19.3 Å². The van der Waals surface area contributed by atoms with Crippen LogP contribution in [0.25, 0.3) is 0 Å². The van der Waals surface area contributed by atoms with E-state index in [2.05, 4.69) is 9.88 Å². The lowest BCUT2D eigenvalue weighted by atomic mass is 10.2. The molecule has 1 saturated heterocycles. The van der Waals surface area contributed by atoms with Crippen molar-refractivity contribution in [3.63, 3.8) is 0 Å². The molecule has 4 rings (SSSR count). The number of amides is 1. The van der Waals surface area contributed by atoms with Gasteiger partial charge in [-0.25, -0.2) is 9.78 Å². The van der Waals surface area contributed by atoms with Gasteiger partial charge in [-0.3, -0.25) is 0 Å². The molecule has 0 spiro atoms. The minimum absolute atomic E-state index is 0.211. The number of piperazine rings is 1. The molecule has 1 amide bonds. The summed E-state index contributed by atoms with van der Waals surface area (Å²) < 4.78 is 11.3. The highest BCUT2D eigenvalue weighted by Crippen LogP contribution is 2.39.